The van der Waals surface area contributed by atoms with Crippen LogP contribution in [0.25, 0.3) is 0 Å². The molecule has 4 heteroatoms. The van der Waals surface area contributed by atoms with Crippen LogP contribution in [0.1, 0.15) is 60.8 Å². The van der Waals surface area contributed by atoms with E-state index in [-0.39, 0.29) is 5.54 Å². The molecule has 4 nitrogen and oxygen atoms in total. The van der Waals surface area contributed by atoms with Gasteiger partial charge >= 0.3 is 0 Å². The first-order valence-electron chi connectivity index (χ1n) is 5.71. The van der Waals surface area contributed by atoms with Crippen LogP contribution in [0.4, 0.5) is 0 Å². The molecule has 0 aromatic rings. The molecule has 0 atom stereocenters. The molecule has 0 unspecified atom stereocenters. The third-order valence-electron chi connectivity index (χ3n) is 3.25. The number of hydroxylamine groups is 1. The van der Waals surface area contributed by atoms with Crippen molar-refractivity contribution in [2.75, 3.05) is 0 Å². The van der Waals surface area contributed by atoms with Crippen molar-refractivity contribution in [1.82, 2.24) is 5.17 Å². The molecule has 0 fully saturated rings. The van der Waals surface area contributed by atoms with Crippen molar-refractivity contribution >= 4 is 0 Å². The smallest absolute Gasteiger partial charge is 0.0778 e. The van der Waals surface area contributed by atoms with Crippen LogP contribution in [0.5, 0.6) is 0 Å². The first-order valence-corrected chi connectivity index (χ1v) is 5.71. The molecule has 0 heterocycles. The maximum Gasteiger partial charge on any atom is 0.0778 e. The van der Waals surface area contributed by atoms with Gasteiger partial charge in [-0.15, -0.1) is 0 Å². The first kappa shape index (κ1) is 14.4. The summed E-state index contributed by atoms with van der Waals surface area (Å²) in [4.78, 5) is 0. The predicted octanol–water partition coefficient (Wildman–Crippen LogP) is 3.92. The summed E-state index contributed by atoms with van der Waals surface area (Å²) in [6.45, 7) is 11.9. The Morgan fingerprint density at radius 3 is 1.80 bits per heavy atom. The summed E-state index contributed by atoms with van der Waals surface area (Å²) in [6.07, 6.45) is 2.43. The normalized spacial score (nSPS) is 13.5. The molecular weight excluding hydrogens is 190 g/mol. The highest BCUT2D eigenvalue weighted by atomic mass is 16.5. The second-order valence-corrected chi connectivity index (χ2v) is 4.83. The number of nitrogens with zero attached hydrogens (tertiary/aromatic N) is 3. The van der Waals surface area contributed by atoms with E-state index in [1.807, 2.05) is 41.5 Å². The average Bonchev–Trinajstić information content (AvgIpc) is 2.24. The van der Waals surface area contributed by atoms with Crippen molar-refractivity contribution in [1.29, 1.82) is 0 Å². The van der Waals surface area contributed by atoms with E-state index in [4.69, 9.17) is 0 Å². The Morgan fingerprint density at radius 2 is 1.47 bits per heavy atom. The number of rotatable bonds is 6. The minimum absolute atomic E-state index is 0.245. The molecule has 0 rings (SSSR count). The Bertz CT molecular complexity index is 210. The van der Waals surface area contributed by atoms with E-state index in [0.717, 1.165) is 24.4 Å². The van der Waals surface area contributed by atoms with Gasteiger partial charge in [-0.2, -0.15) is 5.11 Å². The van der Waals surface area contributed by atoms with Crippen LogP contribution in [0.15, 0.2) is 10.3 Å². The van der Waals surface area contributed by atoms with Crippen LogP contribution in [0.3, 0.4) is 0 Å². The Balaban J connectivity index is 4.54. The van der Waals surface area contributed by atoms with Gasteiger partial charge in [-0.05, 0) is 40.0 Å². The zero-order valence-electron chi connectivity index (χ0n) is 10.9. The van der Waals surface area contributed by atoms with E-state index >= 15 is 0 Å². The summed E-state index contributed by atoms with van der Waals surface area (Å²) in [5.74, 6) is 0. The molecule has 0 aromatic heterocycles. The van der Waals surface area contributed by atoms with Gasteiger partial charge in [-0.3, -0.25) is 0 Å². The fourth-order valence-electron chi connectivity index (χ4n) is 0.861. The van der Waals surface area contributed by atoms with Gasteiger partial charge in [0.1, 0.15) is 0 Å². The highest BCUT2D eigenvalue weighted by Gasteiger charge is 2.22. The molecular formula is C11H24N3O-. The molecule has 0 spiro atoms. The summed E-state index contributed by atoms with van der Waals surface area (Å²) in [7, 11) is 0. The van der Waals surface area contributed by atoms with Crippen molar-refractivity contribution in [2.24, 2.45) is 10.3 Å². The van der Waals surface area contributed by atoms with Gasteiger partial charge in [0.05, 0.1) is 5.54 Å². The van der Waals surface area contributed by atoms with Crippen LogP contribution in [-0.2, 0) is 0 Å². The van der Waals surface area contributed by atoms with Gasteiger partial charge in [0, 0.05) is 5.54 Å². The third kappa shape index (κ3) is 4.16. The minimum Gasteiger partial charge on any atom is -0.740 e. The van der Waals surface area contributed by atoms with E-state index in [1.54, 1.807) is 0 Å². The van der Waals surface area contributed by atoms with Crippen molar-refractivity contribution in [2.45, 2.75) is 71.9 Å². The molecule has 0 aromatic carbocycles. The molecule has 0 aliphatic rings. The quantitative estimate of drug-likeness (QED) is 0.497. The lowest BCUT2D eigenvalue weighted by atomic mass is 9.96. The zero-order valence-corrected chi connectivity index (χ0v) is 10.9. The molecule has 90 valence electrons. The predicted molar refractivity (Wildman–Crippen MR) is 63.4 cm³/mol. The molecule has 0 saturated heterocycles. The fourth-order valence-corrected chi connectivity index (χ4v) is 0.861. The molecule has 0 amide bonds. The number of hydrogen-bond donors (Lipinski definition) is 0. The maximum atomic E-state index is 11.7. The van der Waals surface area contributed by atoms with Crippen LogP contribution in [-0.4, -0.2) is 16.3 Å². The Kier molecular flexibility index (Phi) is 5.21. The van der Waals surface area contributed by atoms with Gasteiger partial charge in [-0.1, -0.05) is 26.0 Å². The monoisotopic (exact) mass is 214 g/mol. The molecule has 15 heavy (non-hydrogen) atoms. The van der Waals surface area contributed by atoms with E-state index in [9.17, 15) is 5.21 Å². The Labute approximate surface area is 93.3 Å². The van der Waals surface area contributed by atoms with Crippen molar-refractivity contribution in [3.8, 4) is 0 Å². The summed E-state index contributed by atoms with van der Waals surface area (Å²) in [5.41, 5.74) is -0.668. The first-order chi connectivity index (χ1) is 6.81. The van der Waals surface area contributed by atoms with Crippen LogP contribution in [0.2, 0.25) is 0 Å². The lowest BCUT2D eigenvalue weighted by Gasteiger charge is -2.42. The standard InChI is InChI=1S/C11H24N3O/c1-7-10(4,5)12-13-14(15)11(6,8-2)9-3/h7-9H2,1-6H3/q-1. The van der Waals surface area contributed by atoms with Gasteiger partial charge in [0.15, 0.2) is 0 Å². The van der Waals surface area contributed by atoms with Crippen molar-refractivity contribution in [3.63, 3.8) is 0 Å². The van der Waals surface area contributed by atoms with E-state index in [0.29, 0.717) is 0 Å². The molecule has 0 saturated carbocycles. The lowest BCUT2D eigenvalue weighted by molar-refractivity contribution is 0.140. The van der Waals surface area contributed by atoms with E-state index in [2.05, 4.69) is 10.3 Å². The van der Waals surface area contributed by atoms with Gasteiger partial charge in [0.25, 0.3) is 0 Å². The lowest BCUT2D eigenvalue weighted by Crippen LogP contribution is -2.38. The van der Waals surface area contributed by atoms with Crippen molar-refractivity contribution in [3.05, 3.63) is 5.21 Å². The van der Waals surface area contributed by atoms with E-state index < -0.39 is 5.54 Å². The Morgan fingerprint density at radius 1 is 1.00 bits per heavy atom. The molecule has 0 N–H and O–H groups in total. The largest absolute Gasteiger partial charge is 0.740 e. The average molecular weight is 214 g/mol. The molecule has 0 bridgehead atoms. The fraction of sp³-hybridized carbons (Fsp3) is 1.00. The second-order valence-electron chi connectivity index (χ2n) is 4.83. The summed E-state index contributed by atoms with van der Waals surface area (Å²) >= 11 is 0. The van der Waals surface area contributed by atoms with E-state index in [1.165, 1.54) is 0 Å². The van der Waals surface area contributed by atoms with Gasteiger partial charge < -0.3 is 10.4 Å². The maximum absolute atomic E-state index is 11.7. The third-order valence-corrected chi connectivity index (χ3v) is 3.25. The molecule has 0 aliphatic heterocycles. The number of hydrogen-bond acceptors (Lipinski definition) is 3. The molecule has 0 radical (unpaired) electrons. The second kappa shape index (κ2) is 5.45. The van der Waals surface area contributed by atoms with Crippen molar-refractivity contribution < 1.29 is 0 Å². The summed E-state index contributed by atoms with van der Waals surface area (Å²) in [6, 6.07) is 0. The Hall–Kier alpha value is -0.640. The van der Waals surface area contributed by atoms with Crippen LogP contribution >= 0.6 is 0 Å². The van der Waals surface area contributed by atoms with Gasteiger partial charge in [0.2, 0.25) is 0 Å². The zero-order chi connectivity index (χ0) is 12.1. The summed E-state index contributed by atoms with van der Waals surface area (Å²) < 4.78 is 0. The topological polar surface area (TPSA) is 51.0 Å². The molecule has 0 aliphatic carbocycles. The minimum atomic E-state index is -0.423. The van der Waals surface area contributed by atoms with Crippen LogP contribution < -0.4 is 0 Å². The SMILES string of the molecule is CCC(C)(C)N=NN([O-])C(C)(CC)CC. The highest BCUT2D eigenvalue weighted by Crippen LogP contribution is 2.24. The van der Waals surface area contributed by atoms with Gasteiger partial charge in [-0.25, -0.2) is 0 Å². The highest BCUT2D eigenvalue weighted by molar-refractivity contribution is 4.82. The van der Waals surface area contributed by atoms with Crippen LogP contribution in [0, 0.1) is 5.21 Å². The summed E-state index contributed by atoms with van der Waals surface area (Å²) in [5, 5.41) is 20.4.